The molecule has 0 saturated heterocycles. The van der Waals surface area contributed by atoms with Crippen LogP contribution in [0.2, 0.25) is 0 Å². The van der Waals surface area contributed by atoms with Crippen molar-refractivity contribution in [2.24, 2.45) is 10.9 Å². The first-order valence-corrected chi connectivity index (χ1v) is 13.6. The number of methoxy groups -OCH3 is 2. The van der Waals surface area contributed by atoms with Crippen LogP contribution < -0.4 is 21.4 Å². The zero-order valence-electron chi connectivity index (χ0n) is 24.0. The lowest BCUT2D eigenvalue weighted by atomic mass is 9.91. The van der Waals surface area contributed by atoms with Gasteiger partial charge in [0.15, 0.2) is 0 Å². The second-order valence-electron chi connectivity index (χ2n) is 10.6. The van der Waals surface area contributed by atoms with Gasteiger partial charge in [-0.05, 0) is 105 Å². The summed E-state index contributed by atoms with van der Waals surface area (Å²) in [6.45, 7) is 8.33. The van der Waals surface area contributed by atoms with E-state index in [1.54, 1.807) is 0 Å². The second kappa shape index (κ2) is 11.0. The summed E-state index contributed by atoms with van der Waals surface area (Å²) in [6.07, 6.45) is 10.1. The van der Waals surface area contributed by atoms with Crippen molar-refractivity contribution >= 4 is 42.0 Å². The lowest BCUT2D eigenvalue weighted by Gasteiger charge is -2.12. The summed E-state index contributed by atoms with van der Waals surface area (Å²) in [7, 11) is 2.82. The Bertz CT molecular complexity index is 1810. The molecule has 0 fully saturated rings. The zero-order chi connectivity index (χ0) is 28.6. The van der Waals surface area contributed by atoms with Crippen molar-refractivity contribution in [3.8, 4) is 0 Å². The fraction of sp³-hybridized carbons (Fsp3) is 0.344. The number of nitrogens with one attached hydrogen (secondary N) is 3. The van der Waals surface area contributed by atoms with Crippen molar-refractivity contribution in [1.82, 2.24) is 15.0 Å². The second-order valence-corrected chi connectivity index (χ2v) is 10.6. The topological polar surface area (TPSA) is 112 Å². The standard InChI is InChI=1S/C32H36N4O4/c1-17-11-22-14-27-19(3)23(7-9-31(37)39-5)29(35-27)16-30-24(8-10-32(38)40-6)20(4)28(36-30)15-26-18(2)12-21(34-26)13-25(17)33-22/h11-16,24,33-35H,7-10H2,1-6H3/b21-13-,26-15-,27-14-,29-16-. The van der Waals surface area contributed by atoms with Crippen LogP contribution in [0.4, 0.5) is 0 Å². The van der Waals surface area contributed by atoms with E-state index in [9.17, 15) is 9.59 Å². The first-order valence-electron chi connectivity index (χ1n) is 13.6. The number of aromatic amines is 3. The van der Waals surface area contributed by atoms with Gasteiger partial charge in [0, 0.05) is 51.5 Å². The number of aliphatic imine (C=N–C) groups is 1. The molecule has 0 aromatic carbocycles. The molecule has 0 aliphatic carbocycles. The number of rotatable bonds is 6. The summed E-state index contributed by atoms with van der Waals surface area (Å²) in [6, 6.07) is 4.27. The fourth-order valence-corrected chi connectivity index (χ4v) is 5.56. The average Bonchev–Trinajstić information content (AvgIpc) is 3.62. The van der Waals surface area contributed by atoms with Crippen molar-refractivity contribution in [3.05, 3.63) is 78.4 Å². The minimum absolute atomic E-state index is 0.0416. The molecule has 0 spiro atoms. The number of fused-ring (bicyclic) bond motifs is 7. The van der Waals surface area contributed by atoms with Crippen LogP contribution in [0.5, 0.6) is 0 Å². The summed E-state index contributed by atoms with van der Waals surface area (Å²) in [4.78, 5) is 39.9. The molecule has 1 atom stereocenters. The highest BCUT2D eigenvalue weighted by Crippen LogP contribution is 2.31. The number of H-pyrrole nitrogens is 3. The normalized spacial score (nSPS) is 19.4. The summed E-state index contributed by atoms with van der Waals surface area (Å²) in [5.41, 5.74) is 9.27. The van der Waals surface area contributed by atoms with Crippen molar-refractivity contribution in [2.75, 3.05) is 14.2 Å². The number of aromatic nitrogens is 3. The molecule has 208 valence electrons. The molecule has 3 aromatic heterocycles. The number of hydrogen-bond acceptors (Lipinski definition) is 5. The van der Waals surface area contributed by atoms with Crippen LogP contribution in [0.3, 0.4) is 0 Å². The van der Waals surface area contributed by atoms with Crippen LogP contribution in [0.25, 0.3) is 24.3 Å². The smallest absolute Gasteiger partial charge is 0.305 e. The molecule has 8 bridgehead atoms. The molecule has 0 saturated carbocycles. The maximum atomic E-state index is 12.1. The van der Waals surface area contributed by atoms with E-state index in [1.165, 1.54) is 14.2 Å². The van der Waals surface area contributed by atoms with E-state index in [0.29, 0.717) is 19.3 Å². The number of ether oxygens (including phenoxy) is 2. The number of nitrogens with zero attached hydrogens (tertiary/aromatic N) is 1. The third-order valence-corrected chi connectivity index (χ3v) is 7.98. The highest BCUT2D eigenvalue weighted by Gasteiger charge is 2.26. The first-order chi connectivity index (χ1) is 19.2. The number of aryl methyl sites for hydroxylation is 2. The van der Waals surface area contributed by atoms with Gasteiger partial charge in [-0.1, -0.05) is 0 Å². The van der Waals surface area contributed by atoms with Crippen LogP contribution in [0.1, 0.15) is 59.8 Å². The predicted molar refractivity (Wildman–Crippen MR) is 156 cm³/mol. The fourth-order valence-electron chi connectivity index (χ4n) is 5.56. The Labute approximate surface area is 232 Å². The van der Waals surface area contributed by atoms with E-state index in [2.05, 4.69) is 79.1 Å². The molecule has 3 N–H and O–H groups in total. The molecular weight excluding hydrogens is 504 g/mol. The van der Waals surface area contributed by atoms with Gasteiger partial charge in [0.05, 0.1) is 25.6 Å². The summed E-state index contributed by atoms with van der Waals surface area (Å²) in [5.74, 6) is -0.533. The molecule has 5 rings (SSSR count). The molecule has 2 aliphatic rings. The van der Waals surface area contributed by atoms with Gasteiger partial charge < -0.3 is 24.4 Å². The summed E-state index contributed by atoms with van der Waals surface area (Å²) >= 11 is 0. The van der Waals surface area contributed by atoms with Crippen LogP contribution in [-0.4, -0.2) is 46.8 Å². The number of carbonyl (C=O) groups is 2. The van der Waals surface area contributed by atoms with Crippen LogP contribution >= 0.6 is 0 Å². The van der Waals surface area contributed by atoms with Crippen LogP contribution in [0.15, 0.2) is 28.4 Å². The molecule has 5 heterocycles. The van der Waals surface area contributed by atoms with E-state index in [1.807, 2.05) is 0 Å². The van der Waals surface area contributed by atoms with Crippen LogP contribution in [0, 0.1) is 26.7 Å². The van der Waals surface area contributed by atoms with Gasteiger partial charge in [0.1, 0.15) is 0 Å². The third kappa shape index (κ3) is 5.39. The zero-order valence-corrected chi connectivity index (χ0v) is 24.0. The number of esters is 2. The summed E-state index contributed by atoms with van der Waals surface area (Å²) in [5, 5.41) is 3.87. The van der Waals surface area contributed by atoms with Gasteiger partial charge >= 0.3 is 11.9 Å². The highest BCUT2D eigenvalue weighted by molar-refractivity contribution is 6.15. The van der Waals surface area contributed by atoms with Crippen molar-refractivity contribution < 1.29 is 19.1 Å². The molecule has 2 aliphatic heterocycles. The molecule has 0 amide bonds. The Morgan fingerprint density at radius 2 is 1.57 bits per heavy atom. The van der Waals surface area contributed by atoms with Crippen molar-refractivity contribution in [2.45, 2.75) is 53.4 Å². The average molecular weight is 541 g/mol. The molecule has 1 unspecified atom stereocenters. The largest absolute Gasteiger partial charge is 0.469 e. The minimum Gasteiger partial charge on any atom is -0.469 e. The lowest BCUT2D eigenvalue weighted by Crippen LogP contribution is -2.19. The van der Waals surface area contributed by atoms with Crippen LogP contribution in [-0.2, 0) is 25.5 Å². The molecule has 40 heavy (non-hydrogen) atoms. The Morgan fingerprint density at radius 1 is 0.825 bits per heavy atom. The Kier molecular flexibility index (Phi) is 7.52. The molecule has 8 heteroatoms. The summed E-state index contributed by atoms with van der Waals surface area (Å²) < 4.78 is 9.85. The predicted octanol–water partition coefficient (Wildman–Crippen LogP) is 2.23. The molecule has 3 aromatic rings. The lowest BCUT2D eigenvalue weighted by molar-refractivity contribution is -0.141. The van der Waals surface area contributed by atoms with E-state index in [4.69, 9.17) is 14.5 Å². The minimum atomic E-state index is -0.250. The Hall–Kier alpha value is -4.33. The quantitative estimate of drug-likeness (QED) is 0.416. The van der Waals surface area contributed by atoms with Gasteiger partial charge in [-0.2, -0.15) is 0 Å². The third-order valence-electron chi connectivity index (χ3n) is 7.98. The maximum absolute atomic E-state index is 12.1. The molecule has 0 radical (unpaired) electrons. The Balaban J connectivity index is 1.76. The van der Waals surface area contributed by atoms with E-state index in [0.717, 1.165) is 72.0 Å². The van der Waals surface area contributed by atoms with E-state index >= 15 is 0 Å². The van der Waals surface area contributed by atoms with Gasteiger partial charge in [-0.3, -0.25) is 14.6 Å². The van der Waals surface area contributed by atoms with Gasteiger partial charge in [0.25, 0.3) is 0 Å². The van der Waals surface area contributed by atoms with Crippen molar-refractivity contribution in [1.29, 1.82) is 0 Å². The van der Waals surface area contributed by atoms with E-state index in [-0.39, 0.29) is 24.3 Å². The maximum Gasteiger partial charge on any atom is 0.305 e. The molecular formula is C32H36N4O4. The van der Waals surface area contributed by atoms with Crippen molar-refractivity contribution in [3.63, 3.8) is 0 Å². The van der Waals surface area contributed by atoms with Gasteiger partial charge in [-0.25, -0.2) is 0 Å². The Morgan fingerprint density at radius 3 is 2.33 bits per heavy atom. The van der Waals surface area contributed by atoms with Gasteiger partial charge in [-0.15, -0.1) is 0 Å². The van der Waals surface area contributed by atoms with E-state index < -0.39 is 0 Å². The van der Waals surface area contributed by atoms with Gasteiger partial charge in [0.2, 0.25) is 0 Å². The monoisotopic (exact) mass is 540 g/mol. The highest BCUT2D eigenvalue weighted by atomic mass is 16.5. The number of hydrogen-bond donors (Lipinski definition) is 3. The number of carbonyl (C=O) groups excluding carboxylic acids is 2. The molecule has 8 nitrogen and oxygen atoms in total. The first kappa shape index (κ1) is 27.2. The number of allylic oxidation sites excluding steroid dienone is 2. The SMILES string of the molecule is COC(=O)CCc1c(C)/c2[nH]/c1=C\C1=NC(=C(C)C1CCC(=O)OC)/C=c1\[nH]/c(cc1C)=C\c1[nH]c(cc1C)\C=2.